The zero-order valence-corrected chi connectivity index (χ0v) is 16.6. The highest BCUT2D eigenvalue weighted by Gasteiger charge is 2.18. The lowest BCUT2D eigenvalue weighted by Gasteiger charge is -2.22. The molecule has 2 rings (SSSR count). The molecule has 1 atom stereocenters. The van der Waals surface area contributed by atoms with Crippen molar-refractivity contribution in [2.45, 2.75) is 32.8 Å². The van der Waals surface area contributed by atoms with Gasteiger partial charge in [0, 0.05) is 24.0 Å². The van der Waals surface area contributed by atoms with Gasteiger partial charge in [-0.25, -0.2) is 14.0 Å². The van der Waals surface area contributed by atoms with E-state index in [0.29, 0.717) is 17.9 Å². The molecule has 0 aliphatic heterocycles. The number of nitrogens with zero attached hydrogens (tertiary/aromatic N) is 1. The van der Waals surface area contributed by atoms with Crippen molar-refractivity contribution in [1.29, 1.82) is 0 Å². The molecule has 0 spiro atoms. The molecule has 1 unspecified atom stereocenters. The van der Waals surface area contributed by atoms with Crippen LogP contribution in [-0.2, 0) is 4.74 Å². The molecule has 0 radical (unpaired) electrons. The molecule has 7 heteroatoms. The SMILES string of the molecule is C=CC(C)OC(=O)Nc1cccc(OC(=O)N(CCCC)c2ccc(F)cc2)c1. The second-order valence-electron chi connectivity index (χ2n) is 6.35. The average molecular weight is 400 g/mol. The van der Waals surface area contributed by atoms with Crippen LogP contribution in [0.3, 0.4) is 0 Å². The van der Waals surface area contributed by atoms with Crippen molar-refractivity contribution >= 4 is 23.6 Å². The van der Waals surface area contributed by atoms with Crippen LogP contribution in [0.5, 0.6) is 5.75 Å². The van der Waals surface area contributed by atoms with Crippen molar-refractivity contribution in [1.82, 2.24) is 0 Å². The number of hydrogen-bond acceptors (Lipinski definition) is 4. The number of unbranched alkanes of at least 4 members (excludes halogenated alkanes) is 1. The van der Waals surface area contributed by atoms with E-state index in [0.717, 1.165) is 12.8 Å². The van der Waals surface area contributed by atoms with Gasteiger partial charge in [0.25, 0.3) is 0 Å². The summed E-state index contributed by atoms with van der Waals surface area (Å²) in [4.78, 5) is 26.0. The number of halogens is 1. The minimum absolute atomic E-state index is 0.258. The summed E-state index contributed by atoms with van der Waals surface area (Å²) in [6.45, 7) is 7.68. The molecular formula is C22H25FN2O4. The topological polar surface area (TPSA) is 67.9 Å². The number of ether oxygens (including phenoxy) is 2. The summed E-state index contributed by atoms with van der Waals surface area (Å²) in [5, 5.41) is 2.57. The predicted octanol–water partition coefficient (Wildman–Crippen LogP) is 5.75. The van der Waals surface area contributed by atoms with Crippen molar-refractivity contribution in [3.05, 3.63) is 67.0 Å². The maximum Gasteiger partial charge on any atom is 0.419 e. The maximum atomic E-state index is 13.2. The van der Waals surface area contributed by atoms with E-state index in [-0.39, 0.29) is 11.6 Å². The van der Waals surface area contributed by atoms with E-state index in [4.69, 9.17) is 9.47 Å². The molecule has 0 heterocycles. The van der Waals surface area contributed by atoms with Gasteiger partial charge in [0.1, 0.15) is 17.7 Å². The first-order valence-corrected chi connectivity index (χ1v) is 9.38. The summed E-state index contributed by atoms with van der Waals surface area (Å²) in [5.41, 5.74) is 0.958. The second-order valence-corrected chi connectivity index (χ2v) is 6.35. The number of carbonyl (C=O) groups is 2. The molecule has 0 aliphatic carbocycles. The Hall–Kier alpha value is -3.35. The predicted molar refractivity (Wildman–Crippen MR) is 111 cm³/mol. The fourth-order valence-electron chi connectivity index (χ4n) is 2.42. The van der Waals surface area contributed by atoms with Gasteiger partial charge in [-0.3, -0.25) is 10.2 Å². The number of amides is 2. The van der Waals surface area contributed by atoms with Crippen molar-refractivity contribution in [2.75, 3.05) is 16.8 Å². The zero-order chi connectivity index (χ0) is 21.2. The van der Waals surface area contributed by atoms with Crippen molar-refractivity contribution < 1.29 is 23.5 Å². The largest absolute Gasteiger partial charge is 0.442 e. The zero-order valence-electron chi connectivity index (χ0n) is 16.6. The summed E-state index contributed by atoms with van der Waals surface area (Å²) in [5.74, 6) is -0.123. The van der Waals surface area contributed by atoms with E-state index in [1.807, 2.05) is 6.92 Å². The van der Waals surface area contributed by atoms with E-state index in [1.54, 1.807) is 25.1 Å². The molecule has 29 heavy (non-hydrogen) atoms. The van der Waals surface area contributed by atoms with Gasteiger partial charge >= 0.3 is 12.2 Å². The van der Waals surface area contributed by atoms with Gasteiger partial charge in [0.05, 0.1) is 0 Å². The molecule has 0 bridgehead atoms. The molecular weight excluding hydrogens is 375 g/mol. The minimum Gasteiger partial charge on any atom is -0.442 e. The van der Waals surface area contributed by atoms with Gasteiger partial charge in [-0.05, 0) is 49.7 Å². The monoisotopic (exact) mass is 400 g/mol. The van der Waals surface area contributed by atoms with E-state index >= 15 is 0 Å². The first kappa shape index (κ1) is 21.9. The molecule has 2 amide bonds. The Morgan fingerprint density at radius 2 is 1.97 bits per heavy atom. The Kier molecular flexibility index (Phi) is 8.21. The van der Waals surface area contributed by atoms with Gasteiger partial charge in [-0.1, -0.05) is 32.1 Å². The van der Waals surface area contributed by atoms with Gasteiger partial charge in [0.2, 0.25) is 0 Å². The first-order valence-electron chi connectivity index (χ1n) is 9.38. The van der Waals surface area contributed by atoms with Crippen LogP contribution < -0.4 is 15.0 Å². The van der Waals surface area contributed by atoms with Crippen LogP contribution in [0.1, 0.15) is 26.7 Å². The van der Waals surface area contributed by atoms with Crippen molar-refractivity contribution in [3.8, 4) is 5.75 Å². The van der Waals surface area contributed by atoms with Gasteiger partial charge in [0.15, 0.2) is 0 Å². The lowest BCUT2D eigenvalue weighted by Crippen LogP contribution is -2.34. The van der Waals surface area contributed by atoms with Crippen LogP contribution in [0.15, 0.2) is 61.2 Å². The van der Waals surface area contributed by atoms with Crippen LogP contribution in [-0.4, -0.2) is 24.8 Å². The Morgan fingerprint density at radius 3 is 2.62 bits per heavy atom. The normalized spacial score (nSPS) is 11.3. The van der Waals surface area contributed by atoms with Crippen LogP contribution in [0.4, 0.5) is 25.4 Å². The minimum atomic E-state index is -0.642. The van der Waals surface area contributed by atoms with E-state index in [9.17, 15) is 14.0 Å². The molecule has 2 aromatic carbocycles. The molecule has 2 aromatic rings. The number of carbonyl (C=O) groups excluding carboxylic acids is 2. The first-order chi connectivity index (χ1) is 13.9. The highest BCUT2D eigenvalue weighted by molar-refractivity contribution is 5.89. The summed E-state index contributed by atoms with van der Waals surface area (Å²) >= 11 is 0. The number of anilines is 2. The molecule has 1 N–H and O–H groups in total. The molecule has 0 saturated heterocycles. The molecule has 154 valence electrons. The number of benzene rings is 2. The third-order valence-corrected chi connectivity index (χ3v) is 4.00. The van der Waals surface area contributed by atoms with Crippen LogP contribution in [0.25, 0.3) is 0 Å². The quantitative estimate of drug-likeness (QED) is 0.573. The molecule has 0 fully saturated rings. The summed E-state index contributed by atoms with van der Waals surface area (Å²) in [7, 11) is 0. The fraction of sp³-hybridized carbons (Fsp3) is 0.273. The van der Waals surface area contributed by atoms with Crippen LogP contribution >= 0.6 is 0 Å². The number of nitrogens with one attached hydrogen (secondary N) is 1. The maximum absolute atomic E-state index is 13.2. The standard InChI is InChI=1S/C22H25FN2O4/c1-4-6-14-25(19-12-10-17(23)11-13-19)22(27)29-20-9-7-8-18(15-20)24-21(26)28-16(3)5-2/h5,7-13,15-16H,2,4,6,14H2,1,3H3,(H,24,26). The fourth-order valence-corrected chi connectivity index (χ4v) is 2.42. The average Bonchev–Trinajstić information content (AvgIpc) is 2.69. The molecule has 0 aliphatic rings. The van der Waals surface area contributed by atoms with Crippen LogP contribution in [0, 0.1) is 5.82 Å². The van der Waals surface area contributed by atoms with E-state index in [2.05, 4.69) is 11.9 Å². The lowest BCUT2D eigenvalue weighted by molar-refractivity contribution is 0.142. The molecule has 0 saturated carbocycles. The summed E-state index contributed by atoms with van der Waals surface area (Å²) in [6.07, 6.45) is 1.48. The third-order valence-electron chi connectivity index (χ3n) is 4.00. The highest BCUT2D eigenvalue weighted by Crippen LogP contribution is 2.21. The third kappa shape index (κ3) is 6.95. The molecule has 0 aromatic heterocycles. The second kappa shape index (κ2) is 10.8. The van der Waals surface area contributed by atoms with Gasteiger partial charge in [-0.2, -0.15) is 0 Å². The lowest BCUT2D eigenvalue weighted by atomic mass is 10.2. The Bertz CT molecular complexity index is 839. The van der Waals surface area contributed by atoms with Crippen molar-refractivity contribution in [2.24, 2.45) is 0 Å². The number of hydrogen-bond donors (Lipinski definition) is 1. The smallest absolute Gasteiger partial charge is 0.419 e. The highest BCUT2D eigenvalue weighted by atomic mass is 19.1. The van der Waals surface area contributed by atoms with E-state index < -0.39 is 18.3 Å². The molecule has 6 nitrogen and oxygen atoms in total. The van der Waals surface area contributed by atoms with Gasteiger partial charge in [-0.15, -0.1) is 0 Å². The van der Waals surface area contributed by atoms with Crippen molar-refractivity contribution in [3.63, 3.8) is 0 Å². The van der Waals surface area contributed by atoms with Crippen LogP contribution in [0.2, 0.25) is 0 Å². The van der Waals surface area contributed by atoms with E-state index in [1.165, 1.54) is 41.3 Å². The Labute approximate surface area is 169 Å². The summed E-state index contributed by atoms with van der Waals surface area (Å²) < 4.78 is 23.7. The Morgan fingerprint density at radius 1 is 1.24 bits per heavy atom. The van der Waals surface area contributed by atoms with Gasteiger partial charge < -0.3 is 9.47 Å². The Balaban J connectivity index is 2.09. The number of rotatable bonds is 8. The summed E-state index contributed by atoms with van der Waals surface area (Å²) in [6, 6.07) is 12.0.